The highest BCUT2D eigenvalue weighted by Crippen LogP contribution is 2.21. The molecule has 0 aliphatic rings. The molecule has 0 aliphatic heterocycles. The molecule has 1 aromatic rings. The Labute approximate surface area is 113 Å². The zero-order chi connectivity index (χ0) is 14.4. The van der Waals surface area contributed by atoms with Gasteiger partial charge in [-0.3, -0.25) is 4.79 Å². The number of nitrogens with zero attached hydrogens (tertiary/aromatic N) is 1. The summed E-state index contributed by atoms with van der Waals surface area (Å²) < 4.78 is 18.4. The summed E-state index contributed by atoms with van der Waals surface area (Å²) in [4.78, 5) is 13.6. The summed E-state index contributed by atoms with van der Waals surface area (Å²) in [6, 6.07) is 4.28. The maximum absolute atomic E-state index is 13.2. The van der Waals surface area contributed by atoms with Crippen LogP contribution in [0.4, 0.5) is 4.39 Å². The Morgan fingerprint density at radius 3 is 2.79 bits per heavy atom. The molecule has 1 aromatic carbocycles. The van der Waals surface area contributed by atoms with Gasteiger partial charge in [-0.05, 0) is 31.2 Å². The predicted octanol–water partition coefficient (Wildman–Crippen LogP) is 1.78. The third kappa shape index (κ3) is 4.21. The molecule has 1 rings (SSSR count). The molecule has 1 atom stereocenters. The molecule has 2 N–H and O–H groups in total. The van der Waals surface area contributed by atoms with Crippen molar-refractivity contribution in [2.45, 2.75) is 19.9 Å². The molecule has 0 radical (unpaired) electrons. The summed E-state index contributed by atoms with van der Waals surface area (Å²) in [5, 5.41) is 0. The smallest absolute Gasteiger partial charge is 0.225 e. The number of rotatable bonds is 6. The second-order valence-electron chi connectivity index (χ2n) is 4.63. The van der Waals surface area contributed by atoms with Crippen molar-refractivity contribution >= 4 is 5.91 Å². The van der Waals surface area contributed by atoms with Gasteiger partial charge >= 0.3 is 0 Å². The Morgan fingerprint density at radius 1 is 1.53 bits per heavy atom. The minimum atomic E-state index is -0.341. The molecule has 0 bridgehead atoms. The fraction of sp³-hybridized carbons (Fsp3) is 0.500. The second kappa shape index (κ2) is 7.09. The van der Waals surface area contributed by atoms with Crippen LogP contribution in [-0.2, 0) is 11.3 Å². The molecule has 0 heterocycles. The SMILES string of the molecule is COc1ccc(F)cc1CN(C)C(=O)C(C)CCN. The molecule has 1 amide bonds. The Hall–Kier alpha value is -1.62. The number of methoxy groups -OCH3 is 1. The number of nitrogens with two attached hydrogens (primary N) is 1. The minimum Gasteiger partial charge on any atom is -0.496 e. The lowest BCUT2D eigenvalue weighted by molar-refractivity contribution is -0.134. The first-order valence-corrected chi connectivity index (χ1v) is 6.27. The first-order valence-electron chi connectivity index (χ1n) is 6.27. The zero-order valence-corrected chi connectivity index (χ0v) is 11.6. The van der Waals surface area contributed by atoms with Crippen molar-refractivity contribution in [2.75, 3.05) is 20.7 Å². The van der Waals surface area contributed by atoms with Gasteiger partial charge in [0, 0.05) is 25.1 Å². The van der Waals surface area contributed by atoms with Crippen LogP contribution < -0.4 is 10.5 Å². The number of carbonyl (C=O) groups excluding carboxylic acids is 1. The largest absolute Gasteiger partial charge is 0.496 e. The molecule has 0 saturated carbocycles. The van der Waals surface area contributed by atoms with Crippen molar-refractivity contribution in [1.29, 1.82) is 0 Å². The molecule has 0 aliphatic carbocycles. The van der Waals surface area contributed by atoms with Gasteiger partial charge < -0.3 is 15.4 Å². The summed E-state index contributed by atoms with van der Waals surface area (Å²) in [5.74, 6) is 0.102. The van der Waals surface area contributed by atoms with E-state index in [1.165, 1.54) is 19.2 Å². The first-order chi connectivity index (χ1) is 8.99. The quantitative estimate of drug-likeness (QED) is 0.855. The van der Waals surface area contributed by atoms with Gasteiger partial charge in [-0.25, -0.2) is 4.39 Å². The minimum absolute atomic E-state index is 0.00300. The summed E-state index contributed by atoms with van der Waals surface area (Å²) in [7, 11) is 3.22. The van der Waals surface area contributed by atoms with Gasteiger partial charge in [-0.1, -0.05) is 6.92 Å². The van der Waals surface area contributed by atoms with Crippen LogP contribution in [0.5, 0.6) is 5.75 Å². The van der Waals surface area contributed by atoms with Gasteiger partial charge in [0.1, 0.15) is 11.6 Å². The maximum atomic E-state index is 13.2. The summed E-state index contributed by atoms with van der Waals surface area (Å²) >= 11 is 0. The lowest BCUT2D eigenvalue weighted by atomic mass is 10.1. The average molecular weight is 268 g/mol. The number of carbonyl (C=O) groups is 1. The van der Waals surface area contributed by atoms with Crippen LogP contribution in [0, 0.1) is 11.7 Å². The van der Waals surface area contributed by atoms with E-state index < -0.39 is 0 Å². The first kappa shape index (κ1) is 15.4. The van der Waals surface area contributed by atoms with Crippen molar-refractivity contribution in [3.63, 3.8) is 0 Å². The van der Waals surface area contributed by atoms with E-state index in [1.54, 1.807) is 18.0 Å². The summed E-state index contributed by atoms with van der Waals surface area (Å²) in [5.41, 5.74) is 6.10. The van der Waals surface area contributed by atoms with E-state index in [-0.39, 0.29) is 17.6 Å². The van der Waals surface area contributed by atoms with Gasteiger partial charge in [0.2, 0.25) is 5.91 Å². The van der Waals surface area contributed by atoms with Crippen molar-refractivity contribution in [3.05, 3.63) is 29.6 Å². The van der Waals surface area contributed by atoms with Crippen LogP contribution >= 0.6 is 0 Å². The van der Waals surface area contributed by atoms with Crippen molar-refractivity contribution in [2.24, 2.45) is 11.7 Å². The average Bonchev–Trinajstić information content (AvgIpc) is 2.38. The van der Waals surface area contributed by atoms with Crippen LogP contribution in [0.3, 0.4) is 0 Å². The third-order valence-electron chi connectivity index (χ3n) is 3.05. The van der Waals surface area contributed by atoms with E-state index in [9.17, 15) is 9.18 Å². The summed E-state index contributed by atoms with van der Waals surface area (Å²) in [6.45, 7) is 2.63. The zero-order valence-electron chi connectivity index (χ0n) is 11.6. The lowest BCUT2D eigenvalue weighted by Gasteiger charge is -2.22. The number of benzene rings is 1. The Bertz CT molecular complexity index is 437. The van der Waals surface area contributed by atoms with Crippen LogP contribution in [0.15, 0.2) is 18.2 Å². The Balaban J connectivity index is 2.78. The highest BCUT2D eigenvalue weighted by molar-refractivity contribution is 5.78. The van der Waals surface area contributed by atoms with E-state index in [0.717, 1.165) is 0 Å². The fourth-order valence-corrected chi connectivity index (χ4v) is 1.95. The molecule has 19 heavy (non-hydrogen) atoms. The highest BCUT2D eigenvalue weighted by atomic mass is 19.1. The van der Waals surface area contributed by atoms with Crippen molar-refractivity contribution in [3.8, 4) is 5.75 Å². The molecule has 106 valence electrons. The third-order valence-corrected chi connectivity index (χ3v) is 3.05. The number of ether oxygens (including phenoxy) is 1. The fourth-order valence-electron chi connectivity index (χ4n) is 1.95. The molecule has 0 aromatic heterocycles. The van der Waals surface area contributed by atoms with Crippen LogP contribution in [0.2, 0.25) is 0 Å². The molecular formula is C14H21FN2O2. The van der Waals surface area contributed by atoms with Gasteiger partial charge in [-0.2, -0.15) is 0 Å². The van der Waals surface area contributed by atoms with Gasteiger partial charge in [0.05, 0.1) is 7.11 Å². The number of hydrogen-bond acceptors (Lipinski definition) is 3. The molecule has 5 heteroatoms. The molecule has 0 fully saturated rings. The lowest BCUT2D eigenvalue weighted by Crippen LogP contribution is -2.32. The highest BCUT2D eigenvalue weighted by Gasteiger charge is 2.18. The van der Waals surface area contributed by atoms with Gasteiger partial charge in [-0.15, -0.1) is 0 Å². The monoisotopic (exact) mass is 268 g/mol. The molecule has 0 spiro atoms. The van der Waals surface area contributed by atoms with E-state index in [1.807, 2.05) is 6.92 Å². The normalized spacial score (nSPS) is 12.1. The Kier molecular flexibility index (Phi) is 5.76. The Morgan fingerprint density at radius 2 is 2.21 bits per heavy atom. The summed E-state index contributed by atoms with van der Waals surface area (Å²) in [6.07, 6.45) is 0.642. The van der Waals surface area contributed by atoms with E-state index >= 15 is 0 Å². The van der Waals surface area contributed by atoms with Crippen LogP contribution in [0.25, 0.3) is 0 Å². The van der Waals surface area contributed by atoms with Crippen LogP contribution in [-0.4, -0.2) is 31.5 Å². The maximum Gasteiger partial charge on any atom is 0.225 e. The number of halogens is 1. The van der Waals surface area contributed by atoms with Gasteiger partial charge in [0.15, 0.2) is 0 Å². The van der Waals surface area contributed by atoms with E-state index in [4.69, 9.17) is 10.5 Å². The predicted molar refractivity (Wildman–Crippen MR) is 72.3 cm³/mol. The van der Waals surface area contributed by atoms with Crippen molar-refractivity contribution in [1.82, 2.24) is 4.90 Å². The van der Waals surface area contributed by atoms with E-state index in [2.05, 4.69) is 0 Å². The molecular weight excluding hydrogens is 247 g/mol. The molecule has 0 saturated heterocycles. The second-order valence-corrected chi connectivity index (χ2v) is 4.63. The molecule has 4 nitrogen and oxygen atoms in total. The van der Waals surface area contributed by atoms with Gasteiger partial charge in [0.25, 0.3) is 0 Å². The topological polar surface area (TPSA) is 55.6 Å². The standard InChI is InChI=1S/C14H21FN2O2/c1-10(6-7-16)14(18)17(2)9-11-8-12(15)4-5-13(11)19-3/h4-5,8,10H,6-7,9,16H2,1-3H3. The van der Waals surface area contributed by atoms with Crippen molar-refractivity contribution < 1.29 is 13.9 Å². The van der Waals surface area contributed by atoms with Crippen LogP contribution in [0.1, 0.15) is 18.9 Å². The number of amides is 1. The molecule has 1 unspecified atom stereocenters. The number of hydrogen-bond donors (Lipinski definition) is 1. The van der Waals surface area contributed by atoms with E-state index in [0.29, 0.717) is 30.8 Å².